The number of rotatable bonds is 2. The number of pyridine rings is 1. The number of thioether (sulfide) groups is 1. The summed E-state index contributed by atoms with van der Waals surface area (Å²) in [6.07, 6.45) is 2.89. The Morgan fingerprint density at radius 3 is 3.05 bits per heavy atom. The van der Waals surface area contributed by atoms with Crippen molar-refractivity contribution in [3.8, 4) is 17.2 Å². The van der Waals surface area contributed by atoms with Crippen LogP contribution in [0.5, 0.6) is 0 Å². The number of hydrogen-bond donors (Lipinski definition) is 2. The van der Waals surface area contributed by atoms with Gasteiger partial charge in [0.15, 0.2) is 0 Å². The first-order valence-electron chi connectivity index (χ1n) is 6.81. The molecule has 1 aliphatic rings. The average Bonchev–Trinajstić information content (AvgIpc) is 2.53. The van der Waals surface area contributed by atoms with Crippen molar-refractivity contribution in [1.82, 2.24) is 10.3 Å². The zero-order chi connectivity index (χ0) is 14.8. The quantitative estimate of drug-likeness (QED) is 0.833. The predicted molar refractivity (Wildman–Crippen MR) is 86.0 cm³/mol. The molecule has 0 aliphatic carbocycles. The molecule has 0 amide bonds. The van der Waals surface area contributed by atoms with Crippen molar-refractivity contribution in [1.29, 1.82) is 5.26 Å². The van der Waals surface area contributed by atoms with E-state index in [1.165, 1.54) is 4.90 Å². The van der Waals surface area contributed by atoms with Crippen LogP contribution in [0.3, 0.4) is 0 Å². The maximum absolute atomic E-state index is 9.49. The number of benzene rings is 1. The zero-order valence-corrected chi connectivity index (χ0v) is 12.6. The molecule has 2 heterocycles. The van der Waals surface area contributed by atoms with Crippen LogP contribution in [0.15, 0.2) is 29.2 Å². The number of anilines is 1. The predicted octanol–water partition coefficient (Wildman–Crippen LogP) is 2.57. The maximum atomic E-state index is 9.49. The lowest BCUT2D eigenvalue weighted by Gasteiger charge is -2.22. The van der Waals surface area contributed by atoms with Crippen LogP contribution < -0.4 is 11.1 Å². The maximum Gasteiger partial charge on any atom is 0.142 e. The van der Waals surface area contributed by atoms with E-state index in [1.807, 2.05) is 18.4 Å². The highest BCUT2D eigenvalue weighted by atomic mass is 32.2. The molecular formula is C16H16N4S. The van der Waals surface area contributed by atoms with Crippen LogP contribution in [0.25, 0.3) is 11.1 Å². The Hall–Kier alpha value is -2.03. The molecule has 2 aromatic rings. The molecule has 5 heteroatoms. The monoisotopic (exact) mass is 296 g/mol. The summed E-state index contributed by atoms with van der Waals surface area (Å²) in [4.78, 5) is 5.59. The van der Waals surface area contributed by atoms with Crippen molar-refractivity contribution >= 4 is 17.6 Å². The van der Waals surface area contributed by atoms with Gasteiger partial charge in [-0.3, -0.25) is 0 Å². The van der Waals surface area contributed by atoms with E-state index in [9.17, 15) is 5.26 Å². The fraction of sp³-hybridized carbons (Fsp3) is 0.250. The molecule has 1 aliphatic heterocycles. The Morgan fingerprint density at radius 1 is 1.43 bits per heavy atom. The van der Waals surface area contributed by atoms with Gasteiger partial charge in [-0.15, -0.1) is 11.8 Å². The van der Waals surface area contributed by atoms with Crippen LogP contribution in [0, 0.1) is 11.3 Å². The van der Waals surface area contributed by atoms with E-state index in [0.717, 1.165) is 41.9 Å². The second kappa shape index (κ2) is 5.76. The zero-order valence-electron chi connectivity index (χ0n) is 11.8. The molecule has 0 saturated heterocycles. The second-order valence-corrected chi connectivity index (χ2v) is 5.82. The van der Waals surface area contributed by atoms with Gasteiger partial charge in [0.25, 0.3) is 0 Å². The minimum atomic E-state index is 0.336. The van der Waals surface area contributed by atoms with Gasteiger partial charge in [0, 0.05) is 35.7 Å². The van der Waals surface area contributed by atoms with Crippen molar-refractivity contribution in [3.63, 3.8) is 0 Å². The van der Waals surface area contributed by atoms with Gasteiger partial charge in [0.1, 0.15) is 17.5 Å². The summed E-state index contributed by atoms with van der Waals surface area (Å²) in [5.41, 5.74) is 10.6. The molecule has 0 spiro atoms. The molecule has 0 atom stereocenters. The largest absolute Gasteiger partial charge is 0.383 e. The molecule has 3 N–H and O–H groups in total. The van der Waals surface area contributed by atoms with Crippen LogP contribution in [0.2, 0.25) is 0 Å². The smallest absolute Gasteiger partial charge is 0.142 e. The van der Waals surface area contributed by atoms with Gasteiger partial charge in [0.2, 0.25) is 0 Å². The lowest BCUT2D eigenvalue weighted by Crippen LogP contribution is -2.26. The molecule has 0 bridgehead atoms. The van der Waals surface area contributed by atoms with E-state index in [0.29, 0.717) is 11.4 Å². The minimum Gasteiger partial charge on any atom is -0.383 e. The highest BCUT2D eigenvalue weighted by Gasteiger charge is 2.21. The number of hydrogen-bond acceptors (Lipinski definition) is 5. The molecule has 1 aromatic heterocycles. The SMILES string of the molecule is CSc1cccc(-c2c(C#N)c(N)nc3c2CNCC3)c1. The summed E-state index contributed by atoms with van der Waals surface area (Å²) in [6, 6.07) is 10.4. The van der Waals surface area contributed by atoms with Crippen molar-refractivity contribution in [2.45, 2.75) is 17.9 Å². The standard InChI is InChI=1S/C16H16N4S/c1-21-11-4-2-3-10(7-11)15-12(8-17)16(18)20-14-5-6-19-9-13(14)15/h2-4,7,19H,5-6,9H2,1H3,(H2,18,20). The van der Waals surface area contributed by atoms with Gasteiger partial charge >= 0.3 is 0 Å². The summed E-state index contributed by atoms with van der Waals surface area (Å²) in [7, 11) is 0. The number of nitrogens with two attached hydrogens (primary N) is 1. The number of nitrogens with zero attached hydrogens (tertiary/aromatic N) is 2. The van der Waals surface area contributed by atoms with Crippen molar-refractivity contribution in [3.05, 3.63) is 41.1 Å². The van der Waals surface area contributed by atoms with Crippen LogP contribution >= 0.6 is 11.8 Å². The summed E-state index contributed by atoms with van der Waals surface area (Å²) < 4.78 is 0. The van der Waals surface area contributed by atoms with Crippen LogP contribution in [0.4, 0.5) is 5.82 Å². The van der Waals surface area contributed by atoms with Crippen molar-refractivity contribution in [2.75, 3.05) is 18.5 Å². The molecule has 0 saturated carbocycles. The van der Waals surface area contributed by atoms with E-state index >= 15 is 0 Å². The topological polar surface area (TPSA) is 74.7 Å². The third-order valence-corrected chi connectivity index (χ3v) is 4.45. The highest BCUT2D eigenvalue weighted by molar-refractivity contribution is 7.98. The van der Waals surface area contributed by atoms with E-state index in [-0.39, 0.29) is 0 Å². The molecule has 3 rings (SSSR count). The van der Waals surface area contributed by atoms with E-state index < -0.39 is 0 Å². The Kier molecular flexibility index (Phi) is 3.82. The number of nitrogen functional groups attached to an aromatic ring is 1. The third kappa shape index (κ3) is 2.48. The van der Waals surface area contributed by atoms with Gasteiger partial charge in [-0.1, -0.05) is 12.1 Å². The molecule has 106 valence electrons. The first kappa shape index (κ1) is 13.9. The fourth-order valence-electron chi connectivity index (χ4n) is 2.72. The van der Waals surface area contributed by atoms with E-state index in [1.54, 1.807) is 11.8 Å². The van der Waals surface area contributed by atoms with Gasteiger partial charge in [-0.25, -0.2) is 4.98 Å². The van der Waals surface area contributed by atoms with Crippen LogP contribution in [-0.2, 0) is 13.0 Å². The number of aromatic nitrogens is 1. The van der Waals surface area contributed by atoms with Gasteiger partial charge < -0.3 is 11.1 Å². The molecular weight excluding hydrogens is 280 g/mol. The average molecular weight is 296 g/mol. The minimum absolute atomic E-state index is 0.336. The molecule has 1 aromatic carbocycles. The summed E-state index contributed by atoms with van der Waals surface area (Å²) in [5.74, 6) is 0.336. The summed E-state index contributed by atoms with van der Waals surface area (Å²) in [6.45, 7) is 1.63. The van der Waals surface area contributed by atoms with Crippen molar-refractivity contribution in [2.24, 2.45) is 0 Å². The van der Waals surface area contributed by atoms with Crippen molar-refractivity contribution < 1.29 is 0 Å². The second-order valence-electron chi connectivity index (χ2n) is 4.94. The Balaban J connectivity index is 2.29. The highest BCUT2D eigenvalue weighted by Crippen LogP contribution is 2.34. The molecule has 0 fully saturated rings. The molecule has 21 heavy (non-hydrogen) atoms. The number of nitriles is 1. The van der Waals surface area contributed by atoms with Gasteiger partial charge in [-0.2, -0.15) is 5.26 Å². The Morgan fingerprint density at radius 2 is 2.29 bits per heavy atom. The lowest BCUT2D eigenvalue weighted by molar-refractivity contribution is 0.632. The molecule has 4 nitrogen and oxygen atoms in total. The molecule has 0 radical (unpaired) electrons. The number of fused-ring (bicyclic) bond motifs is 1. The van der Waals surface area contributed by atoms with Crippen LogP contribution in [0.1, 0.15) is 16.8 Å². The first-order valence-corrected chi connectivity index (χ1v) is 8.03. The molecule has 0 unspecified atom stereocenters. The van der Waals surface area contributed by atoms with E-state index in [2.05, 4.69) is 28.5 Å². The van der Waals surface area contributed by atoms with Gasteiger partial charge in [-0.05, 0) is 29.5 Å². The lowest BCUT2D eigenvalue weighted by atomic mass is 9.92. The third-order valence-electron chi connectivity index (χ3n) is 3.72. The van der Waals surface area contributed by atoms with Gasteiger partial charge in [0.05, 0.1) is 0 Å². The Labute approximate surface area is 128 Å². The van der Waals surface area contributed by atoms with Crippen LogP contribution in [-0.4, -0.2) is 17.8 Å². The summed E-state index contributed by atoms with van der Waals surface area (Å²) >= 11 is 1.69. The normalized spacial score (nSPS) is 13.5. The fourth-order valence-corrected chi connectivity index (χ4v) is 3.18. The summed E-state index contributed by atoms with van der Waals surface area (Å²) in [5, 5.41) is 12.8. The Bertz CT molecular complexity index is 734. The number of nitrogens with one attached hydrogen (secondary N) is 1. The first-order chi connectivity index (χ1) is 10.2. The van der Waals surface area contributed by atoms with E-state index in [4.69, 9.17) is 5.73 Å².